The van der Waals surface area contributed by atoms with Crippen LogP contribution in [0.4, 0.5) is 4.39 Å². The number of benzene rings is 2. The second-order valence-electron chi connectivity index (χ2n) is 4.39. The fourth-order valence-corrected chi connectivity index (χ4v) is 2.17. The number of hydrogen-bond donors (Lipinski definition) is 1. The number of hydrogen-bond acceptors (Lipinski definition) is 3. The van der Waals surface area contributed by atoms with E-state index in [0.29, 0.717) is 16.5 Å². The molecule has 0 saturated carbocycles. The number of aromatic nitrogens is 2. The molecule has 104 valence electrons. The van der Waals surface area contributed by atoms with Crippen molar-refractivity contribution in [3.8, 4) is 0 Å². The molecule has 1 heterocycles. The fourth-order valence-electron chi connectivity index (χ4n) is 1.93. The highest BCUT2D eigenvalue weighted by atomic mass is 32.1. The second-order valence-corrected chi connectivity index (χ2v) is 4.78. The Kier molecular flexibility index (Phi) is 3.45. The van der Waals surface area contributed by atoms with Crippen LogP contribution < -0.4 is 5.56 Å². The average molecular weight is 299 g/mol. The average Bonchev–Trinajstić information content (AvgIpc) is 2.49. The first-order valence-corrected chi connectivity index (χ1v) is 6.60. The van der Waals surface area contributed by atoms with Gasteiger partial charge in [0.05, 0.1) is 17.1 Å². The van der Waals surface area contributed by atoms with E-state index in [2.05, 4.69) is 10.1 Å². The van der Waals surface area contributed by atoms with Crippen molar-refractivity contribution in [3.63, 3.8) is 0 Å². The lowest BCUT2D eigenvalue weighted by Gasteiger charge is -2.02. The number of rotatable bonds is 2. The monoisotopic (exact) mass is 299 g/mol. The summed E-state index contributed by atoms with van der Waals surface area (Å²) in [6, 6.07) is 12.9. The third-order valence-corrected chi connectivity index (χ3v) is 3.25. The second kappa shape index (κ2) is 5.41. The summed E-state index contributed by atoms with van der Waals surface area (Å²) < 4.78 is 14.1. The van der Waals surface area contributed by atoms with Crippen LogP contribution in [-0.4, -0.2) is 15.9 Å². The smallest absolute Gasteiger partial charge is 0.282 e. The zero-order valence-electron chi connectivity index (χ0n) is 10.8. The highest BCUT2D eigenvalue weighted by Crippen LogP contribution is 2.06. The number of aromatic amines is 1. The molecule has 0 atom stereocenters. The van der Waals surface area contributed by atoms with Crippen LogP contribution in [-0.2, 0) is 0 Å². The Morgan fingerprint density at radius 1 is 1.14 bits per heavy atom. The summed E-state index contributed by atoms with van der Waals surface area (Å²) in [6.07, 6.45) is 1.46. The molecule has 0 spiro atoms. The van der Waals surface area contributed by atoms with E-state index in [1.807, 2.05) is 6.07 Å². The molecule has 6 heteroatoms. The van der Waals surface area contributed by atoms with Crippen molar-refractivity contribution in [3.05, 3.63) is 75.0 Å². The molecule has 0 aliphatic heterocycles. The van der Waals surface area contributed by atoms with Gasteiger partial charge in [-0.25, -0.2) is 4.39 Å². The Labute approximate surface area is 124 Å². The van der Waals surface area contributed by atoms with Crippen LogP contribution in [0.2, 0.25) is 0 Å². The van der Waals surface area contributed by atoms with Crippen molar-refractivity contribution >= 4 is 29.3 Å². The normalized spacial score (nSPS) is 11.3. The molecule has 0 aliphatic carbocycles. The first-order valence-electron chi connectivity index (χ1n) is 6.19. The number of H-pyrrole nitrogens is 1. The summed E-state index contributed by atoms with van der Waals surface area (Å²) in [6.45, 7) is 0. The summed E-state index contributed by atoms with van der Waals surface area (Å²) in [5.41, 5.74) is 1.04. The standard InChI is InChI=1S/C15H10FN3OS/c16-11-7-5-10(6-8-11)9-17-19-14(20)12-3-1-2-4-13(12)18-15(19)21/h1-9H,(H,18,21)/b17-9-. The van der Waals surface area contributed by atoms with Crippen LogP contribution in [0.3, 0.4) is 0 Å². The van der Waals surface area contributed by atoms with Gasteiger partial charge in [-0.05, 0) is 42.0 Å². The summed E-state index contributed by atoms with van der Waals surface area (Å²) >= 11 is 5.14. The third kappa shape index (κ3) is 2.66. The van der Waals surface area contributed by atoms with Crippen LogP contribution in [0.1, 0.15) is 5.56 Å². The van der Waals surface area contributed by atoms with E-state index >= 15 is 0 Å². The Bertz CT molecular complexity index is 942. The van der Waals surface area contributed by atoms with Gasteiger partial charge < -0.3 is 4.98 Å². The molecule has 3 aromatic rings. The van der Waals surface area contributed by atoms with E-state index in [1.165, 1.54) is 18.3 Å². The van der Waals surface area contributed by atoms with Gasteiger partial charge in [0.15, 0.2) is 0 Å². The largest absolute Gasteiger partial charge is 0.330 e. The zero-order valence-corrected chi connectivity index (χ0v) is 11.6. The van der Waals surface area contributed by atoms with Crippen molar-refractivity contribution in [1.82, 2.24) is 9.66 Å². The number of fused-ring (bicyclic) bond motifs is 1. The van der Waals surface area contributed by atoms with Gasteiger partial charge in [0, 0.05) is 0 Å². The van der Waals surface area contributed by atoms with E-state index in [4.69, 9.17) is 12.2 Å². The molecule has 0 amide bonds. The Morgan fingerprint density at radius 3 is 2.62 bits per heavy atom. The Hall–Kier alpha value is -2.60. The first kappa shape index (κ1) is 13.4. The van der Waals surface area contributed by atoms with Gasteiger partial charge in [-0.3, -0.25) is 4.79 Å². The molecule has 0 saturated heterocycles. The lowest BCUT2D eigenvalue weighted by atomic mass is 10.2. The van der Waals surface area contributed by atoms with Crippen molar-refractivity contribution < 1.29 is 4.39 Å². The van der Waals surface area contributed by atoms with E-state index < -0.39 is 0 Å². The summed E-state index contributed by atoms with van der Waals surface area (Å²) in [7, 11) is 0. The minimum atomic E-state index is -0.327. The van der Waals surface area contributed by atoms with Crippen molar-refractivity contribution in [2.24, 2.45) is 5.10 Å². The molecule has 0 unspecified atom stereocenters. The van der Waals surface area contributed by atoms with Crippen LogP contribution in [0.15, 0.2) is 58.4 Å². The van der Waals surface area contributed by atoms with Crippen LogP contribution >= 0.6 is 12.2 Å². The van der Waals surface area contributed by atoms with Crippen molar-refractivity contribution in [1.29, 1.82) is 0 Å². The summed E-state index contributed by atoms with van der Waals surface area (Å²) in [5.74, 6) is -0.327. The molecule has 1 aromatic heterocycles. The molecule has 3 rings (SSSR count). The van der Waals surface area contributed by atoms with Gasteiger partial charge in [0.25, 0.3) is 5.56 Å². The molecule has 2 aromatic carbocycles. The van der Waals surface area contributed by atoms with Crippen LogP contribution in [0.5, 0.6) is 0 Å². The van der Waals surface area contributed by atoms with Gasteiger partial charge in [-0.2, -0.15) is 9.78 Å². The van der Waals surface area contributed by atoms with E-state index in [9.17, 15) is 9.18 Å². The topological polar surface area (TPSA) is 50.1 Å². The SMILES string of the molecule is O=c1c2ccccc2[nH]c(=S)n1/N=C\c1ccc(F)cc1. The van der Waals surface area contributed by atoms with Gasteiger partial charge in [-0.1, -0.05) is 24.3 Å². The van der Waals surface area contributed by atoms with Gasteiger partial charge in [0.2, 0.25) is 4.77 Å². The summed E-state index contributed by atoms with van der Waals surface area (Å²) in [4.78, 5) is 15.3. The zero-order chi connectivity index (χ0) is 14.8. The number of nitrogens with zero attached hydrogens (tertiary/aromatic N) is 2. The quantitative estimate of drug-likeness (QED) is 0.584. The molecule has 0 aliphatic rings. The number of nitrogens with one attached hydrogen (secondary N) is 1. The Balaban J connectivity index is 2.10. The fraction of sp³-hybridized carbons (Fsp3) is 0. The van der Waals surface area contributed by atoms with Gasteiger partial charge in [0.1, 0.15) is 5.82 Å². The van der Waals surface area contributed by atoms with Crippen LogP contribution in [0.25, 0.3) is 10.9 Å². The third-order valence-electron chi connectivity index (χ3n) is 2.98. The molecule has 0 bridgehead atoms. The number of para-hydroxylation sites is 1. The lowest BCUT2D eigenvalue weighted by Crippen LogP contribution is -2.18. The van der Waals surface area contributed by atoms with Crippen LogP contribution in [0, 0.1) is 10.6 Å². The van der Waals surface area contributed by atoms with Gasteiger partial charge in [-0.15, -0.1) is 0 Å². The number of halogens is 1. The van der Waals surface area contributed by atoms with Gasteiger partial charge >= 0.3 is 0 Å². The van der Waals surface area contributed by atoms with Crippen molar-refractivity contribution in [2.75, 3.05) is 0 Å². The molecule has 0 radical (unpaired) electrons. The maximum Gasteiger partial charge on any atom is 0.282 e. The maximum atomic E-state index is 12.8. The minimum Gasteiger partial charge on any atom is -0.330 e. The molecular weight excluding hydrogens is 289 g/mol. The highest BCUT2D eigenvalue weighted by molar-refractivity contribution is 7.71. The highest BCUT2D eigenvalue weighted by Gasteiger charge is 2.03. The predicted octanol–water partition coefficient (Wildman–Crippen LogP) is 3.08. The molecule has 21 heavy (non-hydrogen) atoms. The molecule has 1 N–H and O–H groups in total. The lowest BCUT2D eigenvalue weighted by molar-refractivity contribution is 0.628. The first-order chi connectivity index (χ1) is 10.1. The van der Waals surface area contributed by atoms with E-state index in [-0.39, 0.29) is 16.1 Å². The molecular formula is C15H10FN3OS. The molecule has 4 nitrogen and oxygen atoms in total. The van der Waals surface area contributed by atoms with E-state index in [1.54, 1.807) is 30.3 Å². The summed E-state index contributed by atoms with van der Waals surface area (Å²) in [5, 5.41) is 4.58. The van der Waals surface area contributed by atoms with E-state index in [0.717, 1.165) is 4.68 Å². The Morgan fingerprint density at radius 2 is 1.86 bits per heavy atom. The maximum absolute atomic E-state index is 12.8. The minimum absolute atomic E-state index is 0.206. The predicted molar refractivity (Wildman–Crippen MR) is 82.8 cm³/mol. The van der Waals surface area contributed by atoms with Crippen molar-refractivity contribution in [2.45, 2.75) is 0 Å². The molecule has 0 fully saturated rings.